The molecule has 2 aromatic heterocycles. The number of fused-ring (bicyclic) bond motifs is 1. The fourth-order valence-corrected chi connectivity index (χ4v) is 2.71. The van der Waals surface area contributed by atoms with Crippen molar-refractivity contribution in [3.05, 3.63) is 58.4 Å². The van der Waals surface area contributed by atoms with Gasteiger partial charge in [0.05, 0.1) is 16.1 Å². The number of nitrogens with one attached hydrogen (secondary N) is 1. The molecule has 104 valence electrons. The Bertz CT molecular complexity index is 836. The monoisotopic (exact) mass is 298 g/mol. The molecule has 0 bridgehead atoms. The second kappa shape index (κ2) is 5.34. The summed E-state index contributed by atoms with van der Waals surface area (Å²) in [5.41, 5.74) is 1.43. The predicted octanol–water partition coefficient (Wildman–Crippen LogP) is 3.25. The van der Waals surface area contributed by atoms with E-state index in [1.54, 1.807) is 18.3 Å². The highest BCUT2D eigenvalue weighted by molar-refractivity contribution is 7.16. The highest BCUT2D eigenvalue weighted by Gasteiger charge is 2.14. The molecule has 1 amide bonds. The SMILES string of the molecule is O=C(O)c1ccc(C(=O)Nc2cccc3ncccc23)s1. The molecule has 3 aromatic rings. The number of benzene rings is 1. The van der Waals surface area contributed by atoms with Crippen LogP contribution in [-0.2, 0) is 0 Å². The van der Waals surface area contributed by atoms with E-state index >= 15 is 0 Å². The molecule has 0 aliphatic carbocycles. The molecule has 21 heavy (non-hydrogen) atoms. The maximum atomic E-state index is 12.2. The molecule has 0 fully saturated rings. The molecule has 0 aliphatic rings. The van der Waals surface area contributed by atoms with E-state index in [0.717, 1.165) is 22.2 Å². The average Bonchev–Trinajstić information content (AvgIpc) is 2.98. The van der Waals surface area contributed by atoms with Crippen LogP contribution in [0.4, 0.5) is 5.69 Å². The fraction of sp³-hybridized carbons (Fsp3) is 0. The Balaban J connectivity index is 1.91. The van der Waals surface area contributed by atoms with Crippen molar-refractivity contribution >= 4 is 39.8 Å². The van der Waals surface area contributed by atoms with E-state index in [0.29, 0.717) is 10.6 Å². The number of carbonyl (C=O) groups excluding carboxylic acids is 1. The lowest BCUT2D eigenvalue weighted by Gasteiger charge is -2.07. The Labute approximate surface area is 123 Å². The summed E-state index contributed by atoms with van der Waals surface area (Å²) in [7, 11) is 0. The number of pyridine rings is 1. The lowest BCUT2D eigenvalue weighted by molar-refractivity contribution is 0.0702. The van der Waals surface area contributed by atoms with E-state index in [1.807, 2.05) is 18.2 Å². The zero-order chi connectivity index (χ0) is 14.8. The van der Waals surface area contributed by atoms with E-state index in [4.69, 9.17) is 5.11 Å². The minimum atomic E-state index is -1.03. The number of hydrogen-bond acceptors (Lipinski definition) is 4. The third kappa shape index (κ3) is 2.61. The lowest BCUT2D eigenvalue weighted by Crippen LogP contribution is -2.10. The number of thiophene rings is 1. The van der Waals surface area contributed by atoms with Gasteiger partial charge in [0.1, 0.15) is 4.88 Å². The number of nitrogens with zero attached hydrogens (tertiary/aromatic N) is 1. The topological polar surface area (TPSA) is 79.3 Å². The Morgan fingerprint density at radius 1 is 1.05 bits per heavy atom. The van der Waals surface area contributed by atoms with Gasteiger partial charge in [-0.15, -0.1) is 11.3 Å². The van der Waals surface area contributed by atoms with Crippen LogP contribution in [0.15, 0.2) is 48.7 Å². The molecule has 6 heteroatoms. The van der Waals surface area contributed by atoms with Crippen LogP contribution >= 0.6 is 11.3 Å². The van der Waals surface area contributed by atoms with Gasteiger partial charge in [0.2, 0.25) is 0 Å². The summed E-state index contributed by atoms with van der Waals surface area (Å²) in [6.45, 7) is 0. The van der Waals surface area contributed by atoms with Crippen molar-refractivity contribution in [3.63, 3.8) is 0 Å². The van der Waals surface area contributed by atoms with Gasteiger partial charge in [-0.1, -0.05) is 6.07 Å². The van der Waals surface area contributed by atoms with Gasteiger partial charge in [0.25, 0.3) is 5.91 Å². The molecule has 0 saturated carbocycles. The van der Waals surface area contributed by atoms with E-state index in [2.05, 4.69) is 10.3 Å². The second-order valence-corrected chi connectivity index (χ2v) is 5.38. The van der Waals surface area contributed by atoms with Crippen molar-refractivity contribution in [1.82, 2.24) is 4.98 Å². The van der Waals surface area contributed by atoms with Crippen molar-refractivity contribution < 1.29 is 14.7 Å². The van der Waals surface area contributed by atoms with Crippen molar-refractivity contribution in [2.45, 2.75) is 0 Å². The fourth-order valence-electron chi connectivity index (χ4n) is 1.97. The summed E-state index contributed by atoms with van der Waals surface area (Å²) in [5.74, 6) is -1.36. The quantitative estimate of drug-likeness (QED) is 0.778. The summed E-state index contributed by atoms with van der Waals surface area (Å²) in [6.07, 6.45) is 1.69. The maximum Gasteiger partial charge on any atom is 0.345 e. The number of aromatic carboxylic acids is 1. The molecule has 0 atom stereocenters. The van der Waals surface area contributed by atoms with Crippen LogP contribution in [0.1, 0.15) is 19.3 Å². The first-order valence-corrected chi connectivity index (χ1v) is 6.95. The van der Waals surface area contributed by atoms with Crippen LogP contribution < -0.4 is 5.32 Å². The first-order valence-electron chi connectivity index (χ1n) is 6.13. The van der Waals surface area contributed by atoms with E-state index < -0.39 is 5.97 Å². The summed E-state index contributed by atoms with van der Waals surface area (Å²) in [4.78, 5) is 27.7. The number of anilines is 1. The Morgan fingerprint density at radius 2 is 1.86 bits per heavy atom. The van der Waals surface area contributed by atoms with Gasteiger partial charge >= 0.3 is 5.97 Å². The molecular formula is C15H10N2O3S. The summed E-state index contributed by atoms with van der Waals surface area (Å²) in [5, 5.41) is 12.5. The van der Waals surface area contributed by atoms with Gasteiger partial charge in [-0.25, -0.2) is 4.79 Å². The number of rotatable bonds is 3. The van der Waals surface area contributed by atoms with Crippen LogP contribution in [0, 0.1) is 0 Å². The molecule has 0 unspecified atom stereocenters. The standard InChI is InChI=1S/C15H10N2O3S/c18-14(12-6-7-13(21-12)15(19)20)17-11-5-1-4-10-9(11)3-2-8-16-10/h1-8H,(H,17,18)(H,19,20). The Morgan fingerprint density at radius 3 is 2.62 bits per heavy atom. The number of aromatic nitrogens is 1. The van der Waals surface area contributed by atoms with Crippen LogP contribution in [0.5, 0.6) is 0 Å². The first kappa shape index (κ1) is 13.3. The molecule has 0 radical (unpaired) electrons. The van der Waals surface area contributed by atoms with Crippen molar-refractivity contribution in [2.75, 3.05) is 5.32 Å². The maximum absolute atomic E-state index is 12.2. The van der Waals surface area contributed by atoms with Gasteiger partial charge in [-0.3, -0.25) is 9.78 Å². The van der Waals surface area contributed by atoms with Gasteiger partial charge in [0, 0.05) is 11.6 Å². The van der Waals surface area contributed by atoms with E-state index in [-0.39, 0.29) is 10.8 Å². The zero-order valence-corrected chi connectivity index (χ0v) is 11.6. The van der Waals surface area contributed by atoms with Crippen LogP contribution in [0.2, 0.25) is 0 Å². The van der Waals surface area contributed by atoms with E-state index in [1.165, 1.54) is 12.1 Å². The minimum absolute atomic E-state index is 0.139. The molecule has 1 aromatic carbocycles. The molecule has 0 aliphatic heterocycles. The summed E-state index contributed by atoms with van der Waals surface area (Å²) < 4.78 is 0. The number of carbonyl (C=O) groups is 2. The minimum Gasteiger partial charge on any atom is -0.477 e. The van der Waals surface area contributed by atoms with Crippen LogP contribution in [0.25, 0.3) is 10.9 Å². The lowest BCUT2D eigenvalue weighted by atomic mass is 10.2. The third-order valence-electron chi connectivity index (χ3n) is 2.93. The summed E-state index contributed by atoms with van der Waals surface area (Å²) in [6, 6.07) is 12.1. The van der Waals surface area contributed by atoms with Gasteiger partial charge in [0.15, 0.2) is 0 Å². The van der Waals surface area contributed by atoms with Crippen molar-refractivity contribution in [3.8, 4) is 0 Å². The number of amides is 1. The number of carboxylic acids is 1. The molecule has 0 spiro atoms. The summed E-state index contributed by atoms with van der Waals surface area (Å²) >= 11 is 0.947. The predicted molar refractivity (Wildman–Crippen MR) is 81.0 cm³/mol. The third-order valence-corrected chi connectivity index (χ3v) is 4.01. The molecular weight excluding hydrogens is 288 g/mol. The molecule has 2 heterocycles. The smallest absolute Gasteiger partial charge is 0.345 e. The number of hydrogen-bond donors (Lipinski definition) is 2. The van der Waals surface area contributed by atoms with Crippen LogP contribution in [-0.4, -0.2) is 22.0 Å². The number of carboxylic acid groups (broad SMARTS) is 1. The molecule has 3 rings (SSSR count). The van der Waals surface area contributed by atoms with Crippen molar-refractivity contribution in [1.29, 1.82) is 0 Å². The average molecular weight is 298 g/mol. The van der Waals surface area contributed by atoms with Crippen LogP contribution in [0.3, 0.4) is 0 Å². The van der Waals surface area contributed by atoms with Gasteiger partial charge in [-0.2, -0.15) is 0 Å². The Hall–Kier alpha value is -2.73. The first-order chi connectivity index (χ1) is 10.1. The molecule has 5 nitrogen and oxygen atoms in total. The largest absolute Gasteiger partial charge is 0.477 e. The molecule has 0 saturated heterocycles. The Kier molecular flexibility index (Phi) is 3.37. The van der Waals surface area contributed by atoms with Crippen molar-refractivity contribution in [2.24, 2.45) is 0 Å². The van der Waals surface area contributed by atoms with Gasteiger partial charge < -0.3 is 10.4 Å². The highest BCUT2D eigenvalue weighted by atomic mass is 32.1. The highest BCUT2D eigenvalue weighted by Crippen LogP contribution is 2.23. The normalized spacial score (nSPS) is 10.5. The zero-order valence-electron chi connectivity index (χ0n) is 10.7. The molecule has 2 N–H and O–H groups in total. The van der Waals surface area contributed by atoms with Gasteiger partial charge in [-0.05, 0) is 36.4 Å². The second-order valence-electron chi connectivity index (χ2n) is 4.30. The van der Waals surface area contributed by atoms with E-state index in [9.17, 15) is 9.59 Å².